The number of carbonyl (C=O) groups is 1. The van der Waals surface area contributed by atoms with Gasteiger partial charge in [0.2, 0.25) is 0 Å². The molecule has 2 nitrogen and oxygen atoms in total. The molecule has 0 bridgehead atoms. The summed E-state index contributed by atoms with van der Waals surface area (Å²) in [7, 11) is 0. The second-order valence-corrected chi connectivity index (χ2v) is 3.50. The Hall–Kier alpha value is -1.57. The van der Waals surface area contributed by atoms with Crippen LogP contribution in [0.4, 0.5) is 0 Å². The van der Waals surface area contributed by atoms with Gasteiger partial charge in [-0.1, -0.05) is 30.3 Å². The van der Waals surface area contributed by atoms with E-state index in [4.69, 9.17) is 5.11 Å². The maximum Gasteiger partial charge on any atom is 0.303 e. The molecule has 0 amide bonds. The highest BCUT2D eigenvalue weighted by Crippen LogP contribution is 2.35. The van der Waals surface area contributed by atoms with Crippen molar-refractivity contribution in [3.63, 3.8) is 0 Å². The van der Waals surface area contributed by atoms with E-state index in [0.29, 0.717) is 0 Å². The van der Waals surface area contributed by atoms with Crippen molar-refractivity contribution >= 4 is 17.6 Å². The first-order valence-corrected chi connectivity index (χ1v) is 4.79. The highest BCUT2D eigenvalue weighted by Gasteiger charge is 2.14. The van der Waals surface area contributed by atoms with Gasteiger partial charge in [-0.2, -0.15) is 0 Å². The second kappa shape index (κ2) is 3.66. The number of fused-ring (bicyclic) bond motifs is 1. The standard InChI is InChI=1S/C12H12O2/c13-12(14)7-3-5-10-8-9-4-1-2-6-11(9)10/h1-2,4,6,8H,3,5,7H2,(H,13,14). The van der Waals surface area contributed by atoms with Crippen LogP contribution >= 0.6 is 0 Å². The predicted octanol–water partition coefficient (Wildman–Crippen LogP) is 2.80. The van der Waals surface area contributed by atoms with Crippen LogP contribution < -0.4 is 0 Å². The first-order chi connectivity index (χ1) is 6.77. The molecular weight excluding hydrogens is 176 g/mol. The van der Waals surface area contributed by atoms with Gasteiger partial charge in [-0.05, 0) is 29.5 Å². The highest BCUT2D eigenvalue weighted by molar-refractivity contribution is 5.95. The molecule has 0 saturated heterocycles. The first-order valence-electron chi connectivity index (χ1n) is 4.79. The van der Waals surface area contributed by atoms with Crippen LogP contribution in [0.3, 0.4) is 0 Å². The molecule has 72 valence electrons. The normalized spacial score (nSPS) is 12.7. The highest BCUT2D eigenvalue weighted by atomic mass is 16.4. The van der Waals surface area contributed by atoms with E-state index >= 15 is 0 Å². The summed E-state index contributed by atoms with van der Waals surface area (Å²) in [6.07, 6.45) is 4.01. The minimum Gasteiger partial charge on any atom is -0.481 e. The van der Waals surface area contributed by atoms with E-state index in [1.807, 2.05) is 12.1 Å². The molecule has 0 unspecified atom stereocenters. The third-order valence-corrected chi connectivity index (χ3v) is 2.47. The fraction of sp³-hybridized carbons (Fsp3) is 0.250. The first kappa shape index (κ1) is 9.00. The van der Waals surface area contributed by atoms with Gasteiger partial charge in [0.25, 0.3) is 0 Å². The third kappa shape index (κ3) is 1.69. The van der Waals surface area contributed by atoms with E-state index in [9.17, 15) is 4.79 Å². The van der Waals surface area contributed by atoms with E-state index in [1.54, 1.807) is 0 Å². The van der Waals surface area contributed by atoms with Crippen molar-refractivity contribution in [1.82, 2.24) is 0 Å². The van der Waals surface area contributed by atoms with Crippen molar-refractivity contribution in [3.05, 3.63) is 35.4 Å². The molecule has 14 heavy (non-hydrogen) atoms. The second-order valence-electron chi connectivity index (χ2n) is 3.50. The smallest absolute Gasteiger partial charge is 0.303 e. The van der Waals surface area contributed by atoms with Crippen molar-refractivity contribution < 1.29 is 9.90 Å². The summed E-state index contributed by atoms with van der Waals surface area (Å²) < 4.78 is 0. The Morgan fingerprint density at radius 1 is 1.29 bits per heavy atom. The number of hydrogen-bond donors (Lipinski definition) is 1. The fourth-order valence-electron chi connectivity index (χ4n) is 1.74. The van der Waals surface area contributed by atoms with Crippen LogP contribution in [0.15, 0.2) is 24.3 Å². The van der Waals surface area contributed by atoms with Crippen molar-refractivity contribution in [3.8, 4) is 0 Å². The van der Waals surface area contributed by atoms with Crippen molar-refractivity contribution in [2.45, 2.75) is 19.3 Å². The molecular formula is C12H12O2. The van der Waals surface area contributed by atoms with E-state index < -0.39 is 5.97 Å². The third-order valence-electron chi connectivity index (χ3n) is 2.47. The predicted molar refractivity (Wildman–Crippen MR) is 55.8 cm³/mol. The fourth-order valence-corrected chi connectivity index (χ4v) is 1.74. The van der Waals surface area contributed by atoms with Crippen LogP contribution in [-0.2, 0) is 4.79 Å². The van der Waals surface area contributed by atoms with Gasteiger partial charge < -0.3 is 5.11 Å². The average Bonchev–Trinajstić information content (AvgIpc) is 2.12. The molecule has 0 spiro atoms. The Kier molecular flexibility index (Phi) is 2.35. The quantitative estimate of drug-likeness (QED) is 0.788. The Morgan fingerprint density at radius 2 is 2.07 bits per heavy atom. The molecule has 0 aromatic heterocycles. The summed E-state index contributed by atoms with van der Waals surface area (Å²) in [5, 5.41) is 8.49. The number of allylic oxidation sites excluding steroid dienone is 1. The molecule has 1 N–H and O–H groups in total. The van der Waals surface area contributed by atoms with Gasteiger partial charge >= 0.3 is 5.97 Å². The van der Waals surface area contributed by atoms with Gasteiger partial charge in [0, 0.05) is 6.42 Å². The summed E-state index contributed by atoms with van der Waals surface area (Å²) in [4.78, 5) is 10.3. The lowest BCUT2D eigenvalue weighted by atomic mass is 9.86. The van der Waals surface area contributed by atoms with Crippen LogP contribution in [0.25, 0.3) is 11.6 Å². The monoisotopic (exact) mass is 188 g/mol. The van der Waals surface area contributed by atoms with Crippen LogP contribution in [0.2, 0.25) is 0 Å². The molecule has 0 radical (unpaired) electrons. The molecule has 1 aliphatic rings. The van der Waals surface area contributed by atoms with E-state index in [1.165, 1.54) is 16.7 Å². The summed E-state index contributed by atoms with van der Waals surface area (Å²) in [5.74, 6) is -0.710. The number of carboxylic acids is 1. The van der Waals surface area contributed by atoms with E-state index in [2.05, 4.69) is 18.2 Å². The van der Waals surface area contributed by atoms with Gasteiger partial charge in [-0.3, -0.25) is 4.79 Å². The number of rotatable bonds is 4. The molecule has 2 heteroatoms. The molecule has 1 aliphatic carbocycles. The van der Waals surface area contributed by atoms with Crippen LogP contribution in [0, 0.1) is 0 Å². The zero-order valence-electron chi connectivity index (χ0n) is 7.86. The Morgan fingerprint density at radius 3 is 2.79 bits per heavy atom. The lowest BCUT2D eigenvalue weighted by molar-refractivity contribution is -0.137. The molecule has 2 rings (SSSR count). The van der Waals surface area contributed by atoms with Crippen molar-refractivity contribution in [1.29, 1.82) is 0 Å². The molecule has 0 saturated carbocycles. The van der Waals surface area contributed by atoms with Crippen LogP contribution in [0.1, 0.15) is 30.4 Å². The summed E-state index contributed by atoms with van der Waals surface area (Å²) in [6.45, 7) is 0. The molecule has 0 atom stereocenters. The Bertz CT molecular complexity index is 391. The number of aliphatic carboxylic acids is 1. The van der Waals surface area contributed by atoms with Crippen molar-refractivity contribution in [2.75, 3.05) is 0 Å². The maximum atomic E-state index is 10.3. The molecule has 1 aromatic rings. The molecule has 0 fully saturated rings. The maximum absolute atomic E-state index is 10.3. The summed E-state index contributed by atoms with van der Waals surface area (Å²) in [6, 6.07) is 8.20. The zero-order valence-corrected chi connectivity index (χ0v) is 7.86. The van der Waals surface area contributed by atoms with Gasteiger partial charge in [-0.25, -0.2) is 0 Å². The number of benzene rings is 1. The molecule has 0 heterocycles. The molecule has 1 aromatic carbocycles. The van der Waals surface area contributed by atoms with Crippen LogP contribution in [0.5, 0.6) is 0 Å². The number of carboxylic acid groups (broad SMARTS) is 1. The van der Waals surface area contributed by atoms with Gasteiger partial charge in [0.05, 0.1) is 0 Å². The minimum absolute atomic E-state index is 0.263. The van der Waals surface area contributed by atoms with Gasteiger partial charge in [-0.15, -0.1) is 0 Å². The topological polar surface area (TPSA) is 37.3 Å². The Balaban J connectivity index is 1.89. The van der Waals surface area contributed by atoms with Crippen LogP contribution in [-0.4, -0.2) is 11.1 Å². The SMILES string of the molecule is O=C(O)CCCC1=Cc2ccccc21. The lowest BCUT2D eigenvalue weighted by Crippen LogP contribution is -2.00. The van der Waals surface area contributed by atoms with Crippen molar-refractivity contribution in [2.24, 2.45) is 0 Å². The van der Waals surface area contributed by atoms with Gasteiger partial charge in [0.15, 0.2) is 0 Å². The summed E-state index contributed by atoms with van der Waals surface area (Å²) in [5.41, 5.74) is 3.86. The number of hydrogen-bond acceptors (Lipinski definition) is 1. The van der Waals surface area contributed by atoms with Gasteiger partial charge in [0.1, 0.15) is 0 Å². The minimum atomic E-state index is -0.710. The molecule has 0 aliphatic heterocycles. The average molecular weight is 188 g/mol. The Labute approximate surface area is 82.9 Å². The van der Waals surface area contributed by atoms with E-state index in [0.717, 1.165) is 12.8 Å². The zero-order chi connectivity index (χ0) is 9.97. The largest absolute Gasteiger partial charge is 0.481 e. The lowest BCUT2D eigenvalue weighted by Gasteiger charge is -2.19. The van der Waals surface area contributed by atoms with E-state index in [-0.39, 0.29) is 6.42 Å². The summed E-state index contributed by atoms with van der Waals surface area (Å²) >= 11 is 0.